The molecule has 9 heteroatoms. The highest BCUT2D eigenvalue weighted by Crippen LogP contribution is 2.34. The number of pyridine rings is 1. The quantitative estimate of drug-likeness (QED) is 0.734. The minimum Gasteiger partial charge on any atom is -0.354 e. The first-order valence-corrected chi connectivity index (χ1v) is 7.85. The largest absolute Gasteiger partial charge is 0.417 e. The summed E-state index contributed by atoms with van der Waals surface area (Å²) in [5, 5.41) is 12.6. The number of anilines is 1. The molecule has 134 valence electrons. The molecule has 2 N–H and O–H groups in total. The number of nitrogens with zero attached hydrogens (tertiary/aromatic N) is 4. The average molecular weight is 360 g/mol. The SMILES string of the molecule is CC(C)CNc1ncc(C#N)c(-c2c[nH]c3ncc(C(F)(F)F)cc23)n1. The number of rotatable bonds is 4. The molecule has 0 fully saturated rings. The van der Waals surface area contributed by atoms with Crippen LogP contribution in [-0.4, -0.2) is 26.5 Å². The molecule has 3 aromatic heterocycles. The Balaban J connectivity index is 2.13. The summed E-state index contributed by atoms with van der Waals surface area (Å²) in [6, 6.07) is 2.97. The Bertz CT molecular complexity index is 984. The van der Waals surface area contributed by atoms with E-state index >= 15 is 0 Å². The summed E-state index contributed by atoms with van der Waals surface area (Å²) in [5.41, 5.74) is 0.202. The number of aromatic nitrogens is 4. The summed E-state index contributed by atoms with van der Waals surface area (Å²) in [4.78, 5) is 15.0. The molecule has 0 aliphatic rings. The average Bonchev–Trinajstić information content (AvgIpc) is 3.02. The normalized spacial score (nSPS) is 11.7. The zero-order valence-corrected chi connectivity index (χ0v) is 14.0. The minimum absolute atomic E-state index is 0.165. The number of nitrogens with one attached hydrogen (secondary N) is 2. The second-order valence-corrected chi connectivity index (χ2v) is 6.16. The van der Waals surface area contributed by atoms with Crippen LogP contribution < -0.4 is 5.32 Å². The van der Waals surface area contributed by atoms with Crippen molar-refractivity contribution in [3.05, 3.63) is 35.8 Å². The van der Waals surface area contributed by atoms with E-state index in [9.17, 15) is 18.4 Å². The predicted octanol–water partition coefficient (Wildman–Crippen LogP) is 3.98. The monoisotopic (exact) mass is 360 g/mol. The van der Waals surface area contributed by atoms with Crippen molar-refractivity contribution in [1.29, 1.82) is 5.26 Å². The number of alkyl halides is 3. The molecule has 0 spiro atoms. The first-order chi connectivity index (χ1) is 12.3. The van der Waals surface area contributed by atoms with Crippen molar-refractivity contribution in [3.63, 3.8) is 0 Å². The third kappa shape index (κ3) is 3.44. The molecule has 0 saturated heterocycles. The van der Waals surface area contributed by atoms with Gasteiger partial charge in [0.05, 0.1) is 23.0 Å². The summed E-state index contributed by atoms with van der Waals surface area (Å²) in [6.45, 7) is 4.65. The summed E-state index contributed by atoms with van der Waals surface area (Å²) >= 11 is 0. The fourth-order valence-electron chi connectivity index (χ4n) is 2.40. The van der Waals surface area contributed by atoms with Gasteiger partial charge in [0.15, 0.2) is 0 Å². The van der Waals surface area contributed by atoms with Crippen LogP contribution in [0.25, 0.3) is 22.3 Å². The zero-order valence-electron chi connectivity index (χ0n) is 14.0. The van der Waals surface area contributed by atoms with Crippen molar-refractivity contribution in [2.45, 2.75) is 20.0 Å². The number of H-pyrrole nitrogens is 1. The summed E-state index contributed by atoms with van der Waals surface area (Å²) < 4.78 is 39.0. The standard InChI is InChI=1S/C17H15F3N6/c1-9(2)5-24-16-25-6-10(4-21)14(26-16)13-8-23-15-12(13)3-11(7-22-15)17(18,19)20/h3,6-9H,5H2,1-2H3,(H,22,23)(H,24,25,26). The van der Waals surface area contributed by atoms with E-state index in [1.807, 2.05) is 19.9 Å². The fraction of sp³-hybridized carbons (Fsp3) is 0.294. The zero-order chi connectivity index (χ0) is 18.9. The predicted molar refractivity (Wildman–Crippen MR) is 90.2 cm³/mol. The lowest BCUT2D eigenvalue weighted by Crippen LogP contribution is -2.11. The van der Waals surface area contributed by atoms with Crippen LogP contribution in [0, 0.1) is 17.2 Å². The molecular formula is C17H15F3N6. The molecule has 0 aliphatic carbocycles. The molecule has 3 rings (SSSR count). The van der Waals surface area contributed by atoms with Crippen LogP contribution in [0.1, 0.15) is 25.0 Å². The van der Waals surface area contributed by atoms with Gasteiger partial charge in [-0.15, -0.1) is 0 Å². The lowest BCUT2D eigenvalue weighted by molar-refractivity contribution is -0.137. The minimum atomic E-state index is -4.51. The van der Waals surface area contributed by atoms with Crippen LogP contribution in [0.4, 0.5) is 19.1 Å². The highest BCUT2D eigenvalue weighted by atomic mass is 19.4. The Morgan fingerprint density at radius 1 is 1.27 bits per heavy atom. The molecule has 0 bridgehead atoms. The van der Waals surface area contributed by atoms with Crippen LogP contribution in [0.3, 0.4) is 0 Å². The Kier molecular flexibility index (Phi) is 4.50. The Labute approximate surface area is 147 Å². The maximum Gasteiger partial charge on any atom is 0.417 e. The van der Waals surface area contributed by atoms with E-state index in [1.54, 1.807) is 0 Å². The topological polar surface area (TPSA) is 90.3 Å². The van der Waals surface area contributed by atoms with Gasteiger partial charge in [0.1, 0.15) is 11.7 Å². The Morgan fingerprint density at radius 3 is 2.69 bits per heavy atom. The van der Waals surface area contributed by atoms with Gasteiger partial charge in [-0.3, -0.25) is 0 Å². The molecule has 26 heavy (non-hydrogen) atoms. The van der Waals surface area contributed by atoms with Gasteiger partial charge in [-0.05, 0) is 12.0 Å². The second kappa shape index (κ2) is 6.63. The molecule has 0 amide bonds. The number of nitriles is 1. The van der Waals surface area contributed by atoms with Crippen molar-refractivity contribution in [3.8, 4) is 17.3 Å². The molecule has 0 atom stereocenters. The molecule has 0 unspecified atom stereocenters. The van der Waals surface area contributed by atoms with E-state index in [-0.39, 0.29) is 22.3 Å². The number of aromatic amines is 1. The van der Waals surface area contributed by atoms with Gasteiger partial charge in [-0.2, -0.15) is 18.4 Å². The second-order valence-electron chi connectivity index (χ2n) is 6.16. The molecule has 3 aromatic rings. The first kappa shape index (κ1) is 17.7. The lowest BCUT2D eigenvalue weighted by Gasteiger charge is -2.10. The first-order valence-electron chi connectivity index (χ1n) is 7.85. The van der Waals surface area contributed by atoms with E-state index in [4.69, 9.17) is 0 Å². The smallest absolute Gasteiger partial charge is 0.354 e. The van der Waals surface area contributed by atoms with Crippen molar-refractivity contribution in [2.24, 2.45) is 5.92 Å². The number of hydrogen-bond donors (Lipinski definition) is 2. The summed E-state index contributed by atoms with van der Waals surface area (Å²) in [5.74, 6) is 0.659. The fourth-order valence-corrected chi connectivity index (χ4v) is 2.40. The number of hydrogen-bond acceptors (Lipinski definition) is 5. The summed E-state index contributed by atoms with van der Waals surface area (Å²) in [7, 11) is 0. The Hall–Kier alpha value is -3.15. The van der Waals surface area contributed by atoms with E-state index in [0.717, 1.165) is 12.3 Å². The number of halogens is 3. The van der Waals surface area contributed by atoms with Crippen LogP contribution in [0.5, 0.6) is 0 Å². The number of fused-ring (bicyclic) bond motifs is 1. The third-order valence-electron chi connectivity index (χ3n) is 3.69. The molecule has 3 heterocycles. The van der Waals surface area contributed by atoms with Crippen molar-refractivity contribution in [1.82, 2.24) is 19.9 Å². The van der Waals surface area contributed by atoms with Gasteiger partial charge in [-0.1, -0.05) is 13.8 Å². The van der Waals surface area contributed by atoms with Crippen LogP contribution in [0.15, 0.2) is 24.7 Å². The van der Waals surface area contributed by atoms with Gasteiger partial charge in [0.25, 0.3) is 0 Å². The molecule has 0 saturated carbocycles. The third-order valence-corrected chi connectivity index (χ3v) is 3.69. The van der Waals surface area contributed by atoms with E-state index in [2.05, 4.69) is 25.3 Å². The molecule has 6 nitrogen and oxygen atoms in total. The highest BCUT2D eigenvalue weighted by molar-refractivity contribution is 5.94. The maximum atomic E-state index is 13.0. The van der Waals surface area contributed by atoms with Gasteiger partial charge < -0.3 is 10.3 Å². The maximum absolute atomic E-state index is 13.0. The lowest BCUT2D eigenvalue weighted by atomic mass is 10.1. The molecule has 0 aliphatic heterocycles. The van der Waals surface area contributed by atoms with Crippen LogP contribution in [0.2, 0.25) is 0 Å². The molecule has 0 radical (unpaired) electrons. The van der Waals surface area contributed by atoms with Gasteiger partial charge >= 0.3 is 6.18 Å². The Morgan fingerprint density at radius 2 is 2.04 bits per heavy atom. The van der Waals surface area contributed by atoms with E-state index in [0.29, 0.717) is 24.0 Å². The van der Waals surface area contributed by atoms with Crippen molar-refractivity contribution < 1.29 is 13.2 Å². The highest BCUT2D eigenvalue weighted by Gasteiger charge is 2.31. The molecule has 0 aromatic carbocycles. The molecular weight excluding hydrogens is 345 g/mol. The van der Waals surface area contributed by atoms with Gasteiger partial charge in [-0.25, -0.2) is 15.0 Å². The summed E-state index contributed by atoms with van der Waals surface area (Å²) in [6.07, 6.45) is -0.898. The van der Waals surface area contributed by atoms with Gasteiger partial charge in [0.2, 0.25) is 5.95 Å². The van der Waals surface area contributed by atoms with Crippen LogP contribution in [-0.2, 0) is 6.18 Å². The van der Waals surface area contributed by atoms with Crippen LogP contribution >= 0.6 is 0 Å². The van der Waals surface area contributed by atoms with Crippen molar-refractivity contribution >= 4 is 17.0 Å². The van der Waals surface area contributed by atoms with E-state index in [1.165, 1.54) is 12.4 Å². The van der Waals surface area contributed by atoms with Crippen molar-refractivity contribution in [2.75, 3.05) is 11.9 Å². The van der Waals surface area contributed by atoms with Gasteiger partial charge in [0, 0.05) is 29.9 Å². The van der Waals surface area contributed by atoms with E-state index < -0.39 is 11.7 Å².